The summed E-state index contributed by atoms with van der Waals surface area (Å²) in [4.78, 5) is 11.3. The molecule has 0 saturated carbocycles. The van der Waals surface area contributed by atoms with Gasteiger partial charge in [0, 0.05) is 6.04 Å². The third-order valence-corrected chi connectivity index (χ3v) is 1.33. The molecule has 3 nitrogen and oxygen atoms in total. The number of allylic oxidation sites excluding steroid dienone is 1. The Morgan fingerprint density at radius 3 is 2.21 bits per heavy atom. The smallest absolute Gasteiger partial charge is 0.408 e. The van der Waals surface area contributed by atoms with Crippen LogP contribution < -0.4 is 5.32 Å². The highest BCUT2D eigenvalue weighted by Crippen LogP contribution is 2.06. The Morgan fingerprint density at radius 1 is 1.36 bits per heavy atom. The summed E-state index contributed by atoms with van der Waals surface area (Å²) in [5, 5.41) is 2.73. The largest absolute Gasteiger partial charge is 0.444 e. The quantitative estimate of drug-likeness (QED) is 0.694. The van der Waals surface area contributed by atoms with Crippen LogP contribution in [0.2, 0.25) is 0 Å². The van der Waals surface area contributed by atoms with Gasteiger partial charge in [-0.25, -0.2) is 4.79 Å². The van der Waals surface area contributed by atoms with Crippen LogP contribution in [0.1, 0.15) is 41.5 Å². The Bertz CT molecular complexity index is 222. The van der Waals surface area contributed by atoms with Crippen LogP contribution in [0, 0.1) is 0 Å². The van der Waals surface area contributed by atoms with E-state index < -0.39 is 5.60 Å². The first-order valence-electron chi connectivity index (χ1n) is 4.85. The van der Waals surface area contributed by atoms with Gasteiger partial charge in [0.25, 0.3) is 0 Å². The average molecular weight is 199 g/mol. The minimum Gasteiger partial charge on any atom is -0.444 e. The molecular formula is C11H21NO2. The van der Waals surface area contributed by atoms with E-state index in [4.69, 9.17) is 4.74 Å². The minimum absolute atomic E-state index is 0.00912. The van der Waals surface area contributed by atoms with Gasteiger partial charge in [-0.05, 0) is 41.5 Å². The van der Waals surface area contributed by atoms with Crippen LogP contribution in [0.25, 0.3) is 0 Å². The summed E-state index contributed by atoms with van der Waals surface area (Å²) in [6.07, 6.45) is 1.60. The van der Waals surface area contributed by atoms with E-state index in [1.165, 1.54) is 5.57 Å². The van der Waals surface area contributed by atoms with E-state index in [0.29, 0.717) is 0 Å². The molecule has 0 aromatic carbocycles. The first-order chi connectivity index (χ1) is 6.20. The van der Waals surface area contributed by atoms with Crippen LogP contribution >= 0.6 is 0 Å². The van der Waals surface area contributed by atoms with Crippen molar-refractivity contribution in [1.29, 1.82) is 0 Å². The molecule has 0 radical (unpaired) electrons. The van der Waals surface area contributed by atoms with Crippen molar-refractivity contribution in [2.24, 2.45) is 0 Å². The first kappa shape index (κ1) is 13.0. The molecule has 1 N–H and O–H groups in total. The lowest BCUT2D eigenvalue weighted by Gasteiger charge is -2.21. The molecule has 3 heteroatoms. The van der Waals surface area contributed by atoms with Crippen molar-refractivity contribution >= 4 is 6.09 Å². The van der Waals surface area contributed by atoms with Crippen LogP contribution in [-0.4, -0.2) is 17.7 Å². The zero-order valence-corrected chi connectivity index (χ0v) is 9.97. The fourth-order valence-corrected chi connectivity index (χ4v) is 1.04. The summed E-state index contributed by atoms with van der Waals surface area (Å²) >= 11 is 0. The monoisotopic (exact) mass is 199 g/mol. The van der Waals surface area contributed by atoms with Crippen molar-refractivity contribution in [2.75, 3.05) is 0 Å². The Hall–Kier alpha value is -0.990. The Balaban J connectivity index is 4.02. The van der Waals surface area contributed by atoms with Gasteiger partial charge >= 0.3 is 6.09 Å². The molecule has 0 fully saturated rings. The number of amides is 1. The van der Waals surface area contributed by atoms with E-state index in [2.05, 4.69) is 5.32 Å². The zero-order chi connectivity index (χ0) is 11.4. The summed E-state index contributed by atoms with van der Waals surface area (Å²) in [7, 11) is 0. The van der Waals surface area contributed by atoms with Crippen molar-refractivity contribution in [3.05, 3.63) is 11.6 Å². The molecule has 0 unspecified atom stereocenters. The number of rotatable bonds is 2. The van der Waals surface area contributed by atoms with Crippen LogP contribution in [-0.2, 0) is 4.74 Å². The lowest BCUT2D eigenvalue weighted by Crippen LogP contribution is -2.36. The number of hydrogen-bond donors (Lipinski definition) is 1. The lowest BCUT2D eigenvalue weighted by atomic mass is 10.2. The second-order valence-corrected chi connectivity index (χ2v) is 4.68. The molecule has 1 atom stereocenters. The molecule has 82 valence electrons. The van der Waals surface area contributed by atoms with Gasteiger partial charge in [0.05, 0.1) is 0 Å². The summed E-state index contributed by atoms with van der Waals surface area (Å²) in [5.41, 5.74) is 0.739. The van der Waals surface area contributed by atoms with Gasteiger partial charge in [0.15, 0.2) is 0 Å². The highest BCUT2D eigenvalue weighted by atomic mass is 16.6. The Kier molecular flexibility index (Phi) is 4.68. The summed E-state index contributed by atoms with van der Waals surface area (Å²) in [5.74, 6) is 0. The average Bonchev–Trinajstić information content (AvgIpc) is 1.77. The second-order valence-electron chi connectivity index (χ2n) is 4.68. The van der Waals surface area contributed by atoms with Crippen LogP contribution in [0.4, 0.5) is 4.79 Å². The van der Waals surface area contributed by atoms with Gasteiger partial charge in [0.2, 0.25) is 0 Å². The van der Waals surface area contributed by atoms with E-state index in [1.54, 1.807) is 0 Å². The van der Waals surface area contributed by atoms with Gasteiger partial charge in [-0.1, -0.05) is 11.6 Å². The standard InChI is InChI=1S/C11H21NO2/c1-8(2)7-9(3)12-10(13)14-11(4,5)6/h7,9H,1-6H3,(H,12,13)/t9-/m0/s1. The van der Waals surface area contributed by atoms with Gasteiger partial charge in [-0.2, -0.15) is 0 Å². The molecule has 0 rings (SSSR count). The number of alkyl carbamates (subject to hydrolysis) is 1. The number of carbonyl (C=O) groups is 1. The van der Waals surface area contributed by atoms with Crippen molar-refractivity contribution in [3.63, 3.8) is 0 Å². The van der Waals surface area contributed by atoms with Crippen molar-refractivity contribution < 1.29 is 9.53 Å². The molecule has 0 aliphatic rings. The summed E-state index contributed by atoms with van der Waals surface area (Å²) in [6.45, 7) is 11.4. The first-order valence-corrected chi connectivity index (χ1v) is 4.85. The molecule has 0 aromatic heterocycles. The van der Waals surface area contributed by atoms with E-state index in [1.807, 2.05) is 47.6 Å². The van der Waals surface area contributed by atoms with Crippen LogP contribution in [0.15, 0.2) is 11.6 Å². The number of hydrogen-bond acceptors (Lipinski definition) is 2. The molecule has 0 saturated heterocycles. The molecule has 0 aliphatic heterocycles. The highest BCUT2D eigenvalue weighted by molar-refractivity contribution is 5.68. The Morgan fingerprint density at radius 2 is 1.86 bits per heavy atom. The molecule has 0 aromatic rings. The molecule has 0 bridgehead atoms. The highest BCUT2D eigenvalue weighted by Gasteiger charge is 2.16. The number of carbonyl (C=O) groups excluding carboxylic acids is 1. The number of ether oxygens (including phenoxy) is 1. The molecule has 0 heterocycles. The predicted octanol–water partition coefficient (Wildman–Crippen LogP) is 2.87. The molecule has 0 spiro atoms. The Labute approximate surface area is 86.5 Å². The number of nitrogens with one attached hydrogen (secondary N) is 1. The SMILES string of the molecule is CC(C)=C[C@H](C)NC(=O)OC(C)(C)C. The molecule has 0 aliphatic carbocycles. The van der Waals surface area contributed by atoms with Crippen molar-refractivity contribution in [2.45, 2.75) is 53.2 Å². The summed E-state index contributed by atoms with van der Waals surface area (Å²) < 4.78 is 5.11. The zero-order valence-electron chi connectivity index (χ0n) is 9.97. The topological polar surface area (TPSA) is 38.3 Å². The molecule has 14 heavy (non-hydrogen) atoms. The molecule has 1 amide bonds. The van der Waals surface area contributed by atoms with E-state index in [0.717, 1.165) is 0 Å². The maximum atomic E-state index is 11.3. The van der Waals surface area contributed by atoms with Crippen LogP contribution in [0.3, 0.4) is 0 Å². The van der Waals surface area contributed by atoms with Gasteiger partial charge in [0.1, 0.15) is 5.60 Å². The minimum atomic E-state index is -0.436. The maximum absolute atomic E-state index is 11.3. The van der Waals surface area contributed by atoms with Gasteiger partial charge in [-0.15, -0.1) is 0 Å². The predicted molar refractivity (Wildman–Crippen MR) is 58.3 cm³/mol. The second kappa shape index (κ2) is 5.03. The fraction of sp³-hybridized carbons (Fsp3) is 0.727. The van der Waals surface area contributed by atoms with Crippen molar-refractivity contribution in [3.8, 4) is 0 Å². The third kappa shape index (κ3) is 7.65. The molecular weight excluding hydrogens is 178 g/mol. The van der Waals surface area contributed by atoms with Crippen molar-refractivity contribution in [1.82, 2.24) is 5.32 Å². The summed E-state index contributed by atoms with van der Waals surface area (Å²) in [6, 6.07) is 0.00912. The normalized spacial score (nSPS) is 13.0. The third-order valence-electron chi connectivity index (χ3n) is 1.33. The maximum Gasteiger partial charge on any atom is 0.408 e. The fourth-order valence-electron chi connectivity index (χ4n) is 1.04. The van der Waals surface area contributed by atoms with Crippen LogP contribution in [0.5, 0.6) is 0 Å². The van der Waals surface area contributed by atoms with Gasteiger partial charge < -0.3 is 10.1 Å². The lowest BCUT2D eigenvalue weighted by molar-refractivity contribution is 0.0518. The van der Waals surface area contributed by atoms with E-state index in [9.17, 15) is 4.79 Å². The van der Waals surface area contributed by atoms with Gasteiger partial charge in [-0.3, -0.25) is 0 Å². The van der Waals surface area contributed by atoms with E-state index in [-0.39, 0.29) is 12.1 Å². The van der Waals surface area contributed by atoms with E-state index >= 15 is 0 Å².